The summed E-state index contributed by atoms with van der Waals surface area (Å²) in [6.07, 6.45) is 1.03. The summed E-state index contributed by atoms with van der Waals surface area (Å²) >= 11 is 0. The molecule has 1 aromatic carbocycles. The second kappa shape index (κ2) is 8.55. The molecular formula is C20H23NO4. The summed E-state index contributed by atoms with van der Waals surface area (Å²) in [4.78, 5) is 2.08. The highest BCUT2D eigenvalue weighted by atomic mass is 16.5. The van der Waals surface area contributed by atoms with Gasteiger partial charge in [-0.25, -0.2) is 0 Å². The Hall–Kier alpha value is -2.50. The molecule has 0 amide bonds. The predicted octanol–water partition coefficient (Wildman–Crippen LogP) is 3.62. The zero-order valence-electron chi connectivity index (χ0n) is 14.3. The lowest BCUT2D eigenvalue weighted by molar-refractivity contribution is 0.0579. The van der Waals surface area contributed by atoms with Crippen molar-refractivity contribution in [3.05, 3.63) is 78.1 Å². The summed E-state index contributed by atoms with van der Waals surface area (Å²) in [5.74, 6) is 3.33. The van der Waals surface area contributed by atoms with Crippen LogP contribution in [-0.4, -0.2) is 29.3 Å². The molecule has 0 aliphatic carbocycles. The summed E-state index contributed by atoms with van der Waals surface area (Å²) in [6, 6.07) is 17.2. The molecule has 0 aliphatic heterocycles. The summed E-state index contributed by atoms with van der Waals surface area (Å²) in [6.45, 7) is 3.79. The minimum absolute atomic E-state index is 0.232. The number of furan rings is 2. The van der Waals surface area contributed by atoms with Gasteiger partial charge in [-0.05, 0) is 43.3 Å². The maximum absolute atomic E-state index is 10.4. The van der Waals surface area contributed by atoms with Crippen LogP contribution in [0.2, 0.25) is 0 Å². The predicted molar refractivity (Wildman–Crippen MR) is 94.2 cm³/mol. The lowest BCUT2D eigenvalue weighted by Gasteiger charge is -2.23. The first kappa shape index (κ1) is 17.3. The van der Waals surface area contributed by atoms with E-state index in [-0.39, 0.29) is 6.61 Å². The Morgan fingerprint density at radius 2 is 1.80 bits per heavy atom. The fourth-order valence-corrected chi connectivity index (χ4v) is 2.66. The van der Waals surface area contributed by atoms with Crippen molar-refractivity contribution in [3.8, 4) is 5.75 Å². The molecule has 1 atom stereocenters. The number of para-hydroxylation sites is 1. The van der Waals surface area contributed by atoms with Crippen LogP contribution in [0.25, 0.3) is 0 Å². The molecular weight excluding hydrogens is 318 g/mol. The van der Waals surface area contributed by atoms with Crippen LogP contribution < -0.4 is 4.74 Å². The second-order valence-electron chi connectivity index (χ2n) is 6.04. The van der Waals surface area contributed by atoms with Crippen LogP contribution in [0.4, 0.5) is 0 Å². The first-order chi connectivity index (χ1) is 12.2. The number of hydrogen-bond acceptors (Lipinski definition) is 5. The smallest absolute Gasteiger partial charge is 0.119 e. The quantitative estimate of drug-likeness (QED) is 0.644. The number of hydrogen-bond donors (Lipinski definition) is 1. The van der Waals surface area contributed by atoms with E-state index >= 15 is 0 Å². The molecule has 1 unspecified atom stereocenters. The van der Waals surface area contributed by atoms with Gasteiger partial charge in [-0.15, -0.1) is 0 Å². The first-order valence-corrected chi connectivity index (χ1v) is 8.35. The van der Waals surface area contributed by atoms with E-state index < -0.39 is 6.10 Å². The number of rotatable bonds is 9. The van der Waals surface area contributed by atoms with Gasteiger partial charge in [0.15, 0.2) is 0 Å². The van der Waals surface area contributed by atoms with E-state index in [0.717, 1.165) is 23.0 Å². The number of aliphatic hydroxyl groups is 1. The largest absolute Gasteiger partial charge is 0.491 e. The van der Waals surface area contributed by atoms with Gasteiger partial charge in [-0.1, -0.05) is 18.2 Å². The molecule has 25 heavy (non-hydrogen) atoms. The summed E-state index contributed by atoms with van der Waals surface area (Å²) in [5.41, 5.74) is 0. The van der Waals surface area contributed by atoms with E-state index in [0.29, 0.717) is 19.6 Å². The van der Waals surface area contributed by atoms with Crippen molar-refractivity contribution >= 4 is 0 Å². The minimum Gasteiger partial charge on any atom is -0.491 e. The molecule has 0 spiro atoms. The van der Waals surface area contributed by atoms with E-state index in [1.807, 2.05) is 61.5 Å². The van der Waals surface area contributed by atoms with Crippen molar-refractivity contribution in [1.29, 1.82) is 0 Å². The average Bonchev–Trinajstić information content (AvgIpc) is 3.26. The van der Waals surface area contributed by atoms with Crippen molar-refractivity contribution in [2.75, 3.05) is 13.2 Å². The van der Waals surface area contributed by atoms with Crippen LogP contribution in [0.15, 0.2) is 69.7 Å². The monoisotopic (exact) mass is 341 g/mol. The molecule has 1 N–H and O–H groups in total. The lowest BCUT2D eigenvalue weighted by atomic mass is 10.3. The van der Waals surface area contributed by atoms with Gasteiger partial charge in [0.25, 0.3) is 0 Å². The Morgan fingerprint density at radius 3 is 2.48 bits per heavy atom. The van der Waals surface area contributed by atoms with Crippen molar-refractivity contribution in [3.63, 3.8) is 0 Å². The fraction of sp³-hybridized carbons (Fsp3) is 0.300. The Balaban J connectivity index is 1.57. The highest BCUT2D eigenvalue weighted by molar-refractivity contribution is 5.20. The van der Waals surface area contributed by atoms with Gasteiger partial charge >= 0.3 is 0 Å². The maximum Gasteiger partial charge on any atom is 0.119 e. The van der Waals surface area contributed by atoms with Crippen molar-refractivity contribution in [2.24, 2.45) is 0 Å². The molecule has 0 fully saturated rings. The van der Waals surface area contributed by atoms with E-state index in [4.69, 9.17) is 13.6 Å². The molecule has 3 rings (SSSR count). The van der Waals surface area contributed by atoms with Gasteiger partial charge < -0.3 is 18.7 Å². The van der Waals surface area contributed by atoms with Crippen LogP contribution in [0.3, 0.4) is 0 Å². The molecule has 0 saturated carbocycles. The Labute approximate surface area is 147 Å². The number of nitrogens with zero attached hydrogens (tertiary/aromatic N) is 1. The first-order valence-electron chi connectivity index (χ1n) is 8.35. The summed E-state index contributed by atoms with van der Waals surface area (Å²) in [7, 11) is 0. The average molecular weight is 341 g/mol. The van der Waals surface area contributed by atoms with Crippen molar-refractivity contribution in [1.82, 2.24) is 4.90 Å². The van der Waals surface area contributed by atoms with Gasteiger partial charge in [-0.3, -0.25) is 4.90 Å². The molecule has 2 heterocycles. The van der Waals surface area contributed by atoms with Gasteiger partial charge in [-0.2, -0.15) is 0 Å². The molecule has 0 bridgehead atoms. The molecule has 3 aromatic rings. The van der Waals surface area contributed by atoms with Gasteiger partial charge in [0, 0.05) is 6.54 Å². The van der Waals surface area contributed by atoms with E-state index in [1.165, 1.54) is 0 Å². The Kier molecular flexibility index (Phi) is 5.93. The number of aliphatic hydroxyl groups excluding tert-OH is 1. The zero-order valence-corrected chi connectivity index (χ0v) is 14.3. The summed E-state index contributed by atoms with van der Waals surface area (Å²) < 4.78 is 16.7. The fourth-order valence-electron chi connectivity index (χ4n) is 2.66. The Bertz CT molecular complexity index is 736. The maximum atomic E-state index is 10.4. The van der Waals surface area contributed by atoms with Crippen molar-refractivity contribution < 1.29 is 18.7 Å². The third kappa shape index (κ3) is 5.52. The normalized spacial score (nSPS) is 12.4. The standard InChI is InChI=1S/C20H23NO4/c1-16-9-10-20(25-16)14-21(13-19-8-5-11-23-19)12-17(22)15-24-18-6-3-2-4-7-18/h2-11,17,22H,12-15H2,1H3. The highest BCUT2D eigenvalue weighted by Crippen LogP contribution is 2.14. The van der Waals surface area contributed by atoms with Crippen LogP contribution in [0.1, 0.15) is 17.3 Å². The molecule has 132 valence electrons. The third-order valence-corrected chi connectivity index (χ3v) is 3.79. The SMILES string of the molecule is Cc1ccc(CN(Cc2ccco2)CC(O)COc2ccccc2)o1. The number of aryl methyl sites for hydroxylation is 1. The van der Waals surface area contributed by atoms with Crippen LogP contribution in [0, 0.1) is 6.92 Å². The zero-order chi connectivity index (χ0) is 17.5. The molecule has 2 aromatic heterocycles. The highest BCUT2D eigenvalue weighted by Gasteiger charge is 2.16. The van der Waals surface area contributed by atoms with Crippen LogP contribution in [-0.2, 0) is 13.1 Å². The Morgan fingerprint density at radius 1 is 1.00 bits per heavy atom. The number of ether oxygens (including phenoxy) is 1. The summed E-state index contributed by atoms with van der Waals surface area (Å²) in [5, 5.41) is 10.4. The lowest BCUT2D eigenvalue weighted by Crippen LogP contribution is -2.34. The van der Waals surface area contributed by atoms with Gasteiger partial charge in [0.2, 0.25) is 0 Å². The minimum atomic E-state index is -0.619. The van der Waals surface area contributed by atoms with Gasteiger partial charge in [0.05, 0.1) is 19.4 Å². The third-order valence-electron chi connectivity index (χ3n) is 3.79. The second-order valence-corrected chi connectivity index (χ2v) is 6.04. The molecule has 0 radical (unpaired) electrons. The van der Waals surface area contributed by atoms with Crippen LogP contribution >= 0.6 is 0 Å². The van der Waals surface area contributed by atoms with E-state index in [9.17, 15) is 5.11 Å². The van der Waals surface area contributed by atoms with E-state index in [1.54, 1.807) is 6.26 Å². The number of benzene rings is 1. The molecule has 5 heteroatoms. The van der Waals surface area contributed by atoms with Crippen molar-refractivity contribution in [2.45, 2.75) is 26.1 Å². The van der Waals surface area contributed by atoms with Crippen LogP contribution in [0.5, 0.6) is 5.75 Å². The molecule has 5 nitrogen and oxygen atoms in total. The molecule has 0 saturated heterocycles. The van der Waals surface area contributed by atoms with Gasteiger partial charge in [0.1, 0.15) is 35.7 Å². The van der Waals surface area contributed by atoms with E-state index in [2.05, 4.69) is 4.90 Å². The topological polar surface area (TPSA) is 59.0 Å². The molecule has 0 aliphatic rings.